The molecule has 1 rings (SSSR count). The third kappa shape index (κ3) is 5.03. The van der Waals surface area contributed by atoms with Gasteiger partial charge in [-0.25, -0.2) is 4.98 Å². The maximum atomic E-state index is 8.77. The molecule has 0 bridgehead atoms. The van der Waals surface area contributed by atoms with Crippen molar-refractivity contribution in [2.75, 3.05) is 29.9 Å². The summed E-state index contributed by atoms with van der Waals surface area (Å²) in [4.78, 5) is 10.9. The van der Waals surface area contributed by atoms with Crippen molar-refractivity contribution in [3.05, 3.63) is 10.7 Å². The maximum Gasteiger partial charge on any atom is 0.224 e. The maximum absolute atomic E-state index is 8.77. The van der Waals surface area contributed by atoms with Crippen LogP contribution in [0.2, 0.25) is 0 Å². The normalized spacial score (nSPS) is 10.3. The van der Waals surface area contributed by atoms with Crippen LogP contribution < -0.4 is 10.2 Å². The van der Waals surface area contributed by atoms with Crippen molar-refractivity contribution in [3.8, 4) is 6.07 Å². The van der Waals surface area contributed by atoms with Gasteiger partial charge in [0, 0.05) is 25.8 Å². The minimum atomic E-state index is 0.486. The van der Waals surface area contributed by atoms with Crippen LogP contribution in [0.25, 0.3) is 0 Å². The number of hydrogen-bond acceptors (Lipinski definition) is 5. The van der Waals surface area contributed by atoms with E-state index in [1.54, 1.807) is 6.20 Å². The van der Waals surface area contributed by atoms with E-state index in [2.05, 4.69) is 56.0 Å². The predicted octanol–water partition coefficient (Wildman–Crippen LogP) is 3.05. The summed E-state index contributed by atoms with van der Waals surface area (Å²) in [5.41, 5.74) is 0. The minimum absolute atomic E-state index is 0.486. The Morgan fingerprint density at radius 3 is 2.84 bits per heavy atom. The molecule has 0 aliphatic carbocycles. The number of halogens is 1. The Morgan fingerprint density at radius 1 is 1.53 bits per heavy atom. The first-order chi connectivity index (χ1) is 9.08. The van der Waals surface area contributed by atoms with E-state index < -0.39 is 0 Å². The Hall–Kier alpha value is -1.35. The summed E-state index contributed by atoms with van der Waals surface area (Å²) in [6.07, 6.45) is 2.24. The van der Waals surface area contributed by atoms with Gasteiger partial charge in [-0.15, -0.1) is 0 Å². The molecule has 0 atom stereocenters. The molecule has 1 aromatic heterocycles. The highest BCUT2D eigenvalue weighted by molar-refractivity contribution is 9.10. The van der Waals surface area contributed by atoms with Gasteiger partial charge in [-0.1, -0.05) is 13.8 Å². The summed E-state index contributed by atoms with van der Waals surface area (Å²) in [7, 11) is 0. The van der Waals surface area contributed by atoms with Gasteiger partial charge in [-0.3, -0.25) is 0 Å². The lowest BCUT2D eigenvalue weighted by molar-refractivity contribution is 0.606. The smallest absolute Gasteiger partial charge is 0.224 e. The van der Waals surface area contributed by atoms with Crippen molar-refractivity contribution < 1.29 is 0 Å². The zero-order chi connectivity index (χ0) is 14.3. The highest BCUT2D eigenvalue weighted by Gasteiger charge is 2.14. The number of nitrogens with one attached hydrogen (secondary N) is 1. The molecule has 19 heavy (non-hydrogen) atoms. The number of rotatable bonds is 7. The third-order valence-electron chi connectivity index (χ3n) is 2.44. The van der Waals surface area contributed by atoms with Gasteiger partial charge in [-0.05, 0) is 28.8 Å². The summed E-state index contributed by atoms with van der Waals surface area (Å²) < 4.78 is 0.854. The van der Waals surface area contributed by atoms with Gasteiger partial charge in [0.25, 0.3) is 0 Å². The fourth-order valence-electron chi connectivity index (χ4n) is 1.73. The van der Waals surface area contributed by atoms with Crippen molar-refractivity contribution >= 4 is 27.7 Å². The van der Waals surface area contributed by atoms with E-state index in [0.29, 0.717) is 24.8 Å². The first-order valence-corrected chi connectivity index (χ1v) is 7.26. The van der Waals surface area contributed by atoms with E-state index in [1.165, 1.54) is 0 Å². The van der Waals surface area contributed by atoms with Crippen LogP contribution in [-0.2, 0) is 0 Å². The molecule has 0 aromatic carbocycles. The Labute approximate surface area is 123 Å². The molecule has 0 spiro atoms. The zero-order valence-corrected chi connectivity index (χ0v) is 13.2. The Kier molecular flexibility index (Phi) is 6.57. The van der Waals surface area contributed by atoms with Gasteiger partial charge < -0.3 is 10.2 Å². The second-order valence-electron chi connectivity index (χ2n) is 4.64. The van der Waals surface area contributed by atoms with Crippen LogP contribution in [0.5, 0.6) is 0 Å². The van der Waals surface area contributed by atoms with E-state index in [9.17, 15) is 0 Å². The van der Waals surface area contributed by atoms with Gasteiger partial charge in [0.1, 0.15) is 5.82 Å². The van der Waals surface area contributed by atoms with Gasteiger partial charge in [0.2, 0.25) is 5.95 Å². The molecule has 5 nitrogen and oxygen atoms in total. The van der Waals surface area contributed by atoms with Crippen LogP contribution in [0.3, 0.4) is 0 Å². The topological polar surface area (TPSA) is 64.8 Å². The van der Waals surface area contributed by atoms with Crippen LogP contribution in [0.4, 0.5) is 11.8 Å². The molecule has 0 aliphatic heterocycles. The van der Waals surface area contributed by atoms with Crippen molar-refractivity contribution in [1.82, 2.24) is 9.97 Å². The number of hydrogen-bond donors (Lipinski definition) is 1. The minimum Gasteiger partial charge on any atom is -0.354 e. The molecule has 0 fully saturated rings. The molecule has 6 heteroatoms. The average Bonchev–Trinajstić information content (AvgIpc) is 2.37. The Bertz CT molecular complexity index is 441. The molecule has 0 aliphatic rings. The van der Waals surface area contributed by atoms with Crippen molar-refractivity contribution in [1.29, 1.82) is 5.26 Å². The summed E-state index contributed by atoms with van der Waals surface area (Å²) in [5.74, 6) is 1.96. The van der Waals surface area contributed by atoms with Gasteiger partial charge in [-0.2, -0.15) is 10.2 Å². The van der Waals surface area contributed by atoms with E-state index in [4.69, 9.17) is 5.26 Å². The fourth-order valence-corrected chi connectivity index (χ4v) is 2.17. The SMILES string of the molecule is CCNc1ncc(Br)c(N(CCC#N)CC(C)C)n1. The van der Waals surface area contributed by atoms with Crippen LogP contribution in [0.1, 0.15) is 27.2 Å². The van der Waals surface area contributed by atoms with Crippen LogP contribution in [0, 0.1) is 17.2 Å². The van der Waals surface area contributed by atoms with Crippen LogP contribution in [-0.4, -0.2) is 29.6 Å². The molecule has 0 amide bonds. The lowest BCUT2D eigenvalue weighted by Crippen LogP contribution is -2.30. The highest BCUT2D eigenvalue weighted by atomic mass is 79.9. The monoisotopic (exact) mass is 325 g/mol. The van der Waals surface area contributed by atoms with Crippen LogP contribution >= 0.6 is 15.9 Å². The quantitative estimate of drug-likeness (QED) is 0.834. The third-order valence-corrected chi connectivity index (χ3v) is 3.00. The summed E-state index contributed by atoms with van der Waals surface area (Å²) in [6.45, 7) is 8.63. The molecule has 104 valence electrons. The fraction of sp³-hybridized carbons (Fsp3) is 0.615. The molecular weight excluding hydrogens is 306 g/mol. The molecule has 0 saturated heterocycles. The molecule has 1 N–H and O–H groups in total. The van der Waals surface area contributed by atoms with E-state index in [0.717, 1.165) is 23.4 Å². The molecule has 0 saturated carbocycles. The summed E-state index contributed by atoms with van der Waals surface area (Å²) in [6, 6.07) is 2.18. The largest absolute Gasteiger partial charge is 0.354 e. The molecule has 1 heterocycles. The van der Waals surface area contributed by atoms with Gasteiger partial charge in [0.15, 0.2) is 0 Å². The van der Waals surface area contributed by atoms with Crippen molar-refractivity contribution in [2.24, 2.45) is 5.92 Å². The average molecular weight is 326 g/mol. The van der Waals surface area contributed by atoms with Crippen LogP contribution in [0.15, 0.2) is 10.7 Å². The molecule has 0 radical (unpaired) electrons. The predicted molar refractivity (Wildman–Crippen MR) is 81.2 cm³/mol. The van der Waals surface area contributed by atoms with Gasteiger partial charge >= 0.3 is 0 Å². The zero-order valence-electron chi connectivity index (χ0n) is 11.6. The number of aromatic nitrogens is 2. The molecule has 0 unspecified atom stereocenters. The van der Waals surface area contributed by atoms with E-state index >= 15 is 0 Å². The molecular formula is C13H20BrN5. The van der Waals surface area contributed by atoms with Gasteiger partial charge in [0.05, 0.1) is 17.0 Å². The first kappa shape index (κ1) is 15.7. The number of nitriles is 1. The second kappa shape index (κ2) is 7.95. The first-order valence-electron chi connectivity index (χ1n) is 6.46. The lowest BCUT2D eigenvalue weighted by Gasteiger charge is -2.25. The summed E-state index contributed by atoms with van der Waals surface area (Å²) >= 11 is 3.49. The number of nitrogens with zero attached hydrogens (tertiary/aromatic N) is 4. The standard InChI is InChI=1S/C13H20BrN5/c1-4-16-13-17-8-11(14)12(18-13)19(7-5-6-15)9-10(2)3/h8,10H,4-5,7,9H2,1-3H3,(H,16,17,18). The lowest BCUT2D eigenvalue weighted by atomic mass is 10.2. The van der Waals surface area contributed by atoms with E-state index in [-0.39, 0.29) is 0 Å². The Balaban J connectivity index is 2.98. The number of anilines is 2. The van der Waals surface area contributed by atoms with Crippen molar-refractivity contribution in [3.63, 3.8) is 0 Å². The second-order valence-corrected chi connectivity index (χ2v) is 5.50. The van der Waals surface area contributed by atoms with E-state index in [1.807, 2.05) is 6.92 Å². The molecule has 1 aromatic rings. The Morgan fingerprint density at radius 2 is 2.26 bits per heavy atom. The van der Waals surface area contributed by atoms with Crippen molar-refractivity contribution in [2.45, 2.75) is 27.2 Å². The summed E-state index contributed by atoms with van der Waals surface area (Å²) in [5, 5.41) is 11.9. The highest BCUT2D eigenvalue weighted by Crippen LogP contribution is 2.25.